The molecule has 4 heteroatoms. The average Bonchev–Trinajstić information content (AvgIpc) is 2.86. The van der Waals surface area contributed by atoms with Gasteiger partial charge in [-0.15, -0.1) is 0 Å². The van der Waals surface area contributed by atoms with Crippen LogP contribution in [0.3, 0.4) is 0 Å². The highest BCUT2D eigenvalue weighted by atomic mass is 35.5. The number of benzene rings is 1. The third-order valence-corrected chi connectivity index (χ3v) is 4.01. The van der Waals surface area contributed by atoms with E-state index in [4.69, 9.17) is 23.2 Å². The third-order valence-electron chi connectivity index (χ3n) is 3.44. The maximum atomic E-state index is 12.3. The van der Waals surface area contributed by atoms with E-state index < -0.39 is 5.92 Å². The smallest absolute Gasteiger partial charge is 0.157 e. The standard InChI is InChI=1S/C14H13Cl2NO/c15-10-5-6-11(13(16)7-10)12(8-17)14(18)9-3-1-2-4-9/h5-7,9,12H,1-4H2. The fraction of sp³-hybridized carbons (Fsp3) is 0.429. The summed E-state index contributed by atoms with van der Waals surface area (Å²) in [5.74, 6) is -0.751. The monoisotopic (exact) mass is 281 g/mol. The maximum Gasteiger partial charge on any atom is 0.157 e. The number of carbonyl (C=O) groups excluding carboxylic acids is 1. The third kappa shape index (κ3) is 2.68. The van der Waals surface area contributed by atoms with Gasteiger partial charge in [-0.3, -0.25) is 4.79 Å². The molecule has 94 valence electrons. The average molecular weight is 282 g/mol. The van der Waals surface area contributed by atoms with Gasteiger partial charge in [0.25, 0.3) is 0 Å². The minimum atomic E-state index is -0.766. The number of nitrogens with zero attached hydrogens (tertiary/aromatic N) is 1. The van der Waals surface area contributed by atoms with E-state index in [2.05, 4.69) is 6.07 Å². The van der Waals surface area contributed by atoms with Gasteiger partial charge in [0, 0.05) is 16.0 Å². The lowest BCUT2D eigenvalue weighted by molar-refractivity contribution is -0.123. The van der Waals surface area contributed by atoms with Gasteiger partial charge in [0.05, 0.1) is 6.07 Å². The Balaban J connectivity index is 2.28. The highest BCUT2D eigenvalue weighted by Gasteiger charge is 2.31. The zero-order chi connectivity index (χ0) is 13.1. The van der Waals surface area contributed by atoms with Crippen LogP contribution in [0.5, 0.6) is 0 Å². The molecule has 18 heavy (non-hydrogen) atoms. The van der Waals surface area contributed by atoms with E-state index in [1.165, 1.54) is 0 Å². The molecular formula is C14H13Cl2NO. The molecule has 1 aromatic carbocycles. The summed E-state index contributed by atoms with van der Waals surface area (Å²) >= 11 is 11.9. The molecule has 0 aromatic heterocycles. The molecule has 0 aliphatic heterocycles. The lowest BCUT2D eigenvalue weighted by Crippen LogP contribution is -2.19. The summed E-state index contributed by atoms with van der Waals surface area (Å²) in [5, 5.41) is 10.1. The summed E-state index contributed by atoms with van der Waals surface area (Å²) < 4.78 is 0. The largest absolute Gasteiger partial charge is 0.298 e. The number of halogens is 2. The second-order valence-electron chi connectivity index (χ2n) is 4.61. The molecule has 1 aliphatic rings. The summed E-state index contributed by atoms with van der Waals surface area (Å²) in [6.45, 7) is 0. The fourth-order valence-corrected chi connectivity index (χ4v) is 2.99. The van der Waals surface area contributed by atoms with Crippen LogP contribution in [0.1, 0.15) is 37.2 Å². The molecule has 1 aromatic rings. The molecule has 0 radical (unpaired) electrons. The van der Waals surface area contributed by atoms with Crippen molar-refractivity contribution in [3.05, 3.63) is 33.8 Å². The summed E-state index contributed by atoms with van der Waals surface area (Å²) in [5.41, 5.74) is 0.570. The van der Waals surface area contributed by atoms with Crippen molar-refractivity contribution in [1.29, 1.82) is 5.26 Å². The van der Waals surface area contributed by atoms with Crippen molar-refractivity contribution in [2.24, 2.45) is 5.92 Å². The van der Waals surface area contributed by atoms with Crippen LogP contribution in [0.25, 0.3) is 0 Å². The molecule has 0 amide bonds. The first kappa shape index (κ1) is 13.4. The van der Waals surface area contributed by atoms with Crippen molar-refractivity contribution in [3.8, 4) is 6.07 Å². The molecule has 1 atom stereocenters. The maximum absolute atomic E-state index is 12.3. The van der Waals surface area contributed by atoms with E-state index in [0.717, 1.165) is 25.7 Å². The minimum Gasteiger partial charge on any atom is -0.298 e. The normalized spacial score (nSPS) is 17.4. The molecule has 2 nitrogen and oxygen atoms in total. The molecule has 0 spiro atoms. The van der Waals surface area contributed by atoms with Crippen LogP contribution in [0.4, 0.5) is 0 Å². The van der Waals surface area contributed by atoms with E-state index in [9.17, 15) is 10.1 Å². The van der Waals surface area contributed by atoms with Crippen molar-refractivity contribution in [3.63, 3.8) is 0 Å². The lowest BCUT2D eigenvalue weighted by atomic mass is 9.87. The van der Waals surface area contributed by atoms with Crippen molar-refractivity contribution in [1.82, 2.24) is 0 Å². The van der Waals surface area contributed by atoms with Crippen LogP contribution in [0.15, 0.2) is 18.2 Å². The molecular weight excluding hydrogens is 269 g/mol. The van der Waals surface area contributed by atoms with Crippen molar-refractivity contribution in [2.45, 2.75) is 31.6 Å². The Morgan fingerprint density at radius 3 is 2.56 bits per heavy atom. The van der Waals surface area contributed by atoms with Crippen LogP contribution in [0, 0.1) is 17.2 Å². The van der Waals surface area contributed by atoms with Gasteiger partial charge in [-0.05, 0) is 30.5 Å². The van der Waals surface area contributed by atoms with E-state index in [1.54, 1.807) is 18.2 Å². The van der Waals surface area contributed by atoms with Crippen LogP contribution in [0.2, 0.25) is 10.0 Å². The molecule has 0 bridgehead atoms. The summed E-state index contributed by atoms with van der Waals surface area (Å²) in [7, 11) is 0. The highest BCUT2D eigenvalue weighted by molar-refractivity contribution is 6.35. The Hall–Kier alpha value is -1.04. The Kier molecular flexibility index (Phi) is 4.27. The number of Topliss-reactive ketones (excluding diaryl/α,β-unsaturated/α-hetero) is 1. The van der Waals surface area contributed by atoms with Gasteiger partial charge >= 0.3 is 0 Å². The predicted molar refractivity (Wildman–Crippen MR) is 71.8 cm³/mol. The van der Waals surface area contributed by atoms with Gasteiger partial charge in [0.1, 0.15) is 5.92 Å². The molecule has 0 heterocycles. The Labute approximate surface area is 117 Å². The van der Waals surface area contributed by atoms with Gasteiger partial charge in [-0.2, -0.15) is 5.26 Å². The second kappa shape index (κ2) is 5.73. The van der Waals surface area contributed by atoms with Crippen molar-refractivity contribution >= 4 is 29.0 Å². The Morgan fingerprint density at radius 2 is 2.00 bits per heavy atom. The number of ketones is 1. The van der Waals surface area contributed by atoms with Crippen LogP contribution < -0.4 is 0 Å². The lowest BCUT2D eigenvalue weighted by Gasteiger charge is -2.14. The number of rotatable bonds is 3. The number of nitriles is 1. The molecule has 1 fully saturated rings. The van der Waals surface area contributed by atoms with E-state index in [0.29, 0.717) is 15.6 Å². The molecule has 0 N–H and O–H groups in total. The molecule has 0 saturated heterocycles. The fourth-order valence-electron chi connectivity index (χ4n) is 2.47. The first-order chi connectivity index (χ1) is 8.63. The quantitative estimate of drug-likeness (QED) is 0.826. The molecule has 1 unspecified atom stereocenters. The van der Waals surface area contributed by atoms with Crippen molar-refractivity contribution < 1.29 is 4.79 Å². The second-order valence-corrected chi connectivity index (χ2v) is 5.46. The number of hydrogen-bond acceptors (Lipinski definition) is 2. The summed E-state index contributed by atoms with van der Waals surface area (Å²) in [6.07, 6.45) is 3.93. The van der Waals surface area contributed by atoms with Gasteiger partial charge in [0.15, 0.2) is 5.78 Å². The van der Waals surface area contributed by atoms with Crippen molar-refractivity contribution in [2.75, 3.05) is 0 Å². The molecule has 1 aliphatic carbocycles. The van der Waals surface area contributed by atoms with Gasteiger partial charge in [0.2, 0.25) is 0 Å². The zero-order valence-corrected chi connectivity index (χ0v) is 11.3. The highest BCUT2D eigenvalue weighted by Crippen LogP contribution is 2.34. The van der Waals surface area contributed by atoms with E-state index in [-0.39, 0.29) is 11.7 Å². The SMILES string of the molecule is N#CC(C(=O)C1CCCC1)c1ccc(Cl)cc1Cl. The Morgan fingerprint density at radius 1 is 1.33 bits per heavy atom. The van der Waals surface area contributed by atoms with E-state index >= 15 is 0 Å². The molecule has 2 rings (SSSR count). The minimum absolute atomic E-state index is 0.000720. The first-order valence-corrected chi connectivity index (χ1v) is 6.77. The van der Waals surface area contributed by atoms with Gasteiger partial charge < -0.3 is 0 Å². The van der Waals surface area contributed by atoms with Crippen LogP contribution in [-0.4, -0.2) is 5.78 Å². The number of hydrogen-bond donors (Lipinski definition) is 0. The summed E-state index contributed by atoms with van der Waals surface area (Å²) in [4.78, 5) is 12.3. The van der Waals surface area contributed by atoms with Gasteiger partial charge in [-0.25, -0.2) is 0 Å². The topological polar surface area (TPSA) is 40.9 Å². The van der Waals surface area contributed by atoms with Crippen LogP contribution >= 0.6 is 23.2 Å². The first-order valence-electron chi connectivity index (χ1n) is 6.01. The number of carbonyl (C=O) groups is 1. The predicted octanol–water partition coefficient (Wildman–Crippen LogP) is 4.36. The van der Waals surface area contributed by atoms with E-state index in [1.807, 2.05) is 0 Å². The van der Waals surface area contributed by atoms with Gasteiger partial charge in [-0.1, -0.05) is 42.1 Å². The van der Waals surface area contributed by atoms with Crippen LogP contribution in [-0.2, 0) is 4.79 Å². The molecule has 1 saturated carbocycles. The zero-order valence-electron chi connectivity index (χ0n) is 9.83. The summed E-state index contributed by atoms with van der Waals surface area (Å²) in [6, 6.07) is 6.99. The Bertz CT molecular complexity index is 501.